The molecule has 2 N–H and O–H groups in total. The summed E-state index contributed by atoms with van der Waals surface area (Å²) in [6.07, 6.45) is 5.56. The van der Waals surface area contributed by atoms with E-state index in [-0.39, 0.29) is 0 Å². The Morgan fingerprint density at radius 3 is 2.50 bits per heavy atom. The number of nitrogens with two attached hydrogens (primary N) is 1. The summed E-state index contributed by atoms with van der Waals surface area (Å²) in [4.78, 5) is 0. The van der Waals surface area contributed by atoms with Crippen molar-refractivity contribution in [3.63, 3.8) is 0 Å². The minimum absolute atomic E-state index is 0.428. The number of hydrogen-bond donors (Lipinski definition) is 1. The lowest BCUT2D eigenvalue weighted by Gasteiger charge is -2.28. The fourth-order valence-electron chi connectivity index (χ4n) is 2.74. The van der Waals surface area contributed by atoms with Crippen LogP contribution >= 0.6 is 0 Å². The zero-order valence-corrected chi connectivity index (χ0v) is 11.4. The van der Waals surface area contributed by atoms with Gasteiger partial charge in [0, 0.05) is 19.1 Å². The topological polar surface area (TPSA) is 35.1 Å². The van der Waals surface area contributed by atoms with Crippen LogP contribution in [0.1, 0.15) is 31.2 Å². The van der Waals surface area contributed by atoms with Crippen LogP contribution in [0.3, 0.4) is 0 Å². The average Bonchev–Trinajstić information content (AvgIpc) is 2.46. The van der Waals surface area contributed by atoms with E-state index in [0.717, 1.165) is 12.3 Å². The molecule has 3 heteroatoms. The van der Waals surface area contributed by atoms with Crippen molar-refractivity contribution in [1.82, 2.24) is 0 Å². The van der Waals surface area contributed by atoms with Gasteiger partial charge in [0.25, 0.3) is 0 Å². The van der Waals surface area contributed by atoms with Gasteiger partial charge in [0.1, 0.15) is 24.4 Å². The fourth-order valence-corrected chi connectivity index (χ4v) is 2.74. The van der Waals surface area contributed by atoms with Crippen molar-refractivity contribution < 1.29 is 14.8 Å². The smallest absolute Gasteiger partial charge is 0.118 e. The molecule has 0 amide bonds. The molecular weight excluding hydrogens is 226 g/mol. The minimum atomic E-state index is 0.428. The van der Waals surface area contributed by atoms with Crippen LogP contribution in [0.4, 0.5) is 0 Å². The van der Waals surface area contributed by atoms with E-state index in [1.165, 1.54) is 31.2 Å². The number of benzene rings is 1. The second-order valence-electron chi connectivity index (χ2n) is 5.01. The SMILES string of the molecule is COc1ccc(C[NH2+][C@H]2CCCC[C@H]2OC)cc1. The predicted molar refractivity (Wildman–Crippen MR) is 71.7 cm³/mol. The summed E-state index contributed by atoms with van der Waals surface area (Å²) in [5.41, 5.74) is 1.34. The molecule has 3 nitrogen and oxygen atoms in total. The van der Waals surface area contributed by atoms with E-state index in [2.05, 4.69) is 17.4 Å². The Hall–Kier alpha value is -1.06. The van der Waals surface area contributed by atoms with Crippen molar-refractivity contribution in [3.05, 3.63) is 29.8 Å². The third kappa shape index (κ3) is 3.47. The van der Waals surface area contributed by atoms with Gasteiger partial charge in [0.2, 0.25) is 0 Å². The second-order valence-corrected chi connectivity index (χ2v) is 5.01. The molecule has 0 heterocycles. The zero-order valence-electron chi connectivity index (χ0n) is 11.4. The van der Waals surface area contributed by atoms with Crippen molar-refractivity contribution in [1.29, 1.82) is 0 Å². The Labute approximate surface area is 109 Å². The average molecular weight is 250 g/mol. The van der Waals surface area contributed by atoms with Crippen LogP contribution in [0.2, 0.25) is 0 Å². The normalized spacial score (nSPS) is 23.9. The van der Waals surface area contributed by atoms with Gasteiger partial charge in [-0.15, -0.1) is 0 Å². The molecule has 1 fully saturated rings. The molecule has 0 spiro atoms. The van der Waals surface area contributed by atoms with E-state index >= 15 is 0 Å². The highest BCUT2D eigenvalue weighted by Gasteiger charge is 2.27. The molecule has 1 aliphatic carbocycles. The molecule has 100 valence electrons. The molecule has 0 radical (unpaired) electrons. The van der Waals surface area contributed by atoms with Gasteiger partial charge in [-0.2, -0.15) is 0 Å². The first-order valence-electron chi connectivity index (χ1n) is 6.82. The number of quaternary nitrogens is 1. The van der Waals surface area contributed by atoms with Gasteiger partial charge >= 0.3 is 0 Å². The molecule has 0 bridgehead atoms. The maximum Gasteiger partial charge on any atom is 0.118 e. The summed E-state index contributed by atoms with van der Waals surface area (Å²) in [6, 6.07) is 8.95. The Kier molecular flexibility index (Phi) is 5.02. The molecule has 0 aliphatic heterocycles. The van der Waals surface area contributed by atoms with E-state index in [1.807, 2.05) is 19.2 Å². The third-order valence-electron chi connectivity index (χ3n) is 3.87. The van der Waals surface area contributed by atoms with Gasteiger partial charge in [-0.05, 0) is 37.1 Å². The number of rotatable bonds is 5. The van der Waals surface area contributed by atoms with Crippen molar-refractivity contribution in [2.75, 3.05) is 14.2 Å². The fraction of sp³-hybridized carbons (Fsp3) is 0.600. The van der Waals surface area contributed by atoms with Gasteiger partial charge in [0.05, 0.1) is 7.11 Å². The van der Waals surface area contributed by atoms with Crippen LogP contribution in [0.15, 0.2) is 24.3 Å². The molecular formula is C15H24NO2+. The van der Waals surface area contributed by atoms with Crippen LogP contribution in [0.25, 0.3) is 0 Å². The molecule has 1 aliphatic rings. The number of ether oxygens (including phenoxy) is 2. The molecule has 18 heavy (non-hydrogen) atoms. The maximum atomic E-state index is 5.58. The van der Waals surface area contributed by atoms with E-state index in [9.17, 15) is 0 Å². The Morgan fingerprint density at radius 2 is 1.83 bits per heavy atom. The van der Waals surface area contributed by atoms with Crippen LogP contribution in [0, 0.1) is 0 Å². The zero-order chi connectivity index (χ0) is 12.8. The molecule has 1 aromatic rings. The summed E-state index contributed by atoms with van der Waals surface area (Å²) in [7, 11) is 3.54. The highest BCUT2D eigenvalue weighted by molar-refractivity contribution is 5.26. The summed E-state index contributed by atoms with van der Waals surface area (Å²) in [5, 5.41) is 2.43. The highest BCUT2D eigenvalue weighted by Crippen LogP contribution is 2.18. The number of hydrogen-bond acceptors (Lipinski definition) is 2. The monoisotopic (exact) mass is 250 g/mol. The van der Waals surface area contributed by atoms with Crippen LogP contribution in [0.5, 0.6) is 5.75 Å². The third-order valence-corrected chi connectivity index (χ3v) is 3.87. The first-order valence-corrected chi connectivity index (χ1v) is 6.82. The summed E-state index contributed by atoms with van der Waals surface area (Å²) in [5.74, 6) is 0.922. The van der Waals surface area contributed by atoms with Gasteiger partial charge in [0.15, 0.2) is 0 Å². The van der Waals surface area contributed by atoms with Crippen LogP contribution in [-0.4, -0.2) is 26.4 Å². The second kappa shape index (κ2) is 6.76. The quantitative estimate of drug-likeness (QED) is 0.863. The molecule has 2 rings (SSSR count). The first-order chi connectivity index (χ1) is 8.83. The summed E-state index contributed by atoms with van der Waals surface area (Å²) in [6.45, 7) is 1.02. The van der Waals surface area contributed by atoms with Gasteiger partial charge in [-0.25, -0.2) is 0 Å². The lowest BCUT2D eigenvalue weighted by Crippen LogP contribution is -2.91. The van der Waals surface area contributed by atoms with Gasteiger partial charge < -0.3 is 14.8 Å². The largest absolute Gasteiger partial charge is 0.497 e. The molecule has 1 aromatic carbocycles. The molecule has 2 atom stereocenters. The Balaban J connectivity index is 1.85. The van der Waals surface area contributed by atoms with Crippen LogP contribution < -0.4 is 10.1 Å². The van der Waals surface area contributed by atoms with Crippen molar-refractivity contribution in [2.45, 2.75) is 44.4 Å². The van der Waals surface area contributed by atoms with Crippen molar-refractivity contribution >= 4 is 0 Å². The maximum absolute atomic E-state index is 5.58. The Morgan fingerprint density at radius 1 is 1.11 bits per heavy atom. The van der Waals surface area contributed by atoms with Crippen molar-refractivity contribution in [3.8, 4) is 5.75 Å². The molecule has 0 saturated heterocycles. The van der Waals surface area contributed by atoms with E-state index in [0.29, 0.717) is 12.1 Å². The van der Waals surface area contributed by atoms with E-state index in [4.69, 9.17) is 9.47 Å². The standard InChI is InChI=1S/C15H23NO2/c1-17-13-9-7-12(8-10-13)11-16-14-5-3-4-6-15(14)18-2/h7-10,14-16H,3-6,11H2,1-2H3/p+1/t14-,15+/m0/s1. The molecule has 0 aromatic heterocycles. The molecule has 1 saturated carbocycles. The predicted octanol–water partition coefficient (Wildman–Crippen LogP) is 1.72. The van der Waals surface area contributed by atoms with E-state index < -0.39 is 0 Å². The van der Waals surface area contributed by atoms with Crippen molar-refractivity contribution in [2.24, 2.45) is 0 Å². The lowest BCUT2D eigenvalue weighted by atomic mass is 9.92. The first kappa shape index (κ1) is 13.4. The van der Waals surface area contributed by atoms with Gasteiger partial charge in [-0.3, -0.25) is 0 Å². The lowest BCUT2D eigenvalue weighted by molar-refractivity contribution is -0.713. The minimum Gasteiger partial charge on any atom is -0.497 e. The van der Waals surface area contributed by atoms with Crippen LogP contribution in [-0.2, 0) is 11.3 Å². The number of methoxy groups -OCH3 is 2. The highest BCUT2D eigenvalue weighted by atomic mass is 16.5. The molecule has 0 unspecified atom stereocenters. The van der Waals surface area contributed by atoms with E-state index in [1.54, 1.807) is 7.11 Å². The van der Waals surface area contributed by atoms with Gasteiger partial charge in [-0.1, -0.05) is 6.42 Å². The summed E-state index contributed by atoms with van der Waals surface area (Å²) < 4.78 is 10.7. The summed E-state index contributed by atoms with van der Waals surface area (Å²) >= 11 is 0. The Bertz CT molecular complexity index is 350.